The van der Waals surface area contributed by atoms with Crippen molar-refractivity contribution >= 4 is 11.6 Å². The molecule has 0 aliphatic carbocycles. The largest absolute Gasteiger partial charge is 0.283 e. The van der Waals surface area contributed by atoms with Crippen molar-refractivity contribution < 1.29 is 17.6 Å². The first-order chi connectivity index (χ1) is 5.54. The first-order valence-corrected chi connectivity index (χ1v) is 3.19. The summed E-state index contributed by atoms with van der Waals surface area (Å²) in [5.74, 6) is -3.19. The molecule has 6 heteroatoms. The Hall–Kier alpha value is -0.840. The smallest absolute Gasteiger partial charge is 0.250 e. The van der Waals surface area contributed by atoms with Crippen LogP contribution in [-0.4, -0.2) is 4.98 Å². The third-order valence-electron chi connectivity index (χ3n) is 1.15. The molecule has 12 heavy (non-hydrogen) atoms. The van der Waals surface area contributed by atoms with E-state index in [1.165, 1.54) is 0 Å². The molecular weight excluding hydrogens is 198 g/mol. The quantitative estimate of drug-likeness (QED) is 0.634. The molecule has 0 saturated carbocycles. The molecule has 1 rings (SSSR count). The predicted molar refractivity (Wildman–Crippen MR) is 34.1 cm³/mol. The van der Waals surface area contributed by atoms with Gasteiger partial charge in [-0.1, -0.05) is 11.6 Å². The molecule has 0 atom stereocenters. The van der Waals surface area contributed by atoms with Gasteiger partial charge in [0.05, 0.1) is 5.02 Å². The first kappa shape index (κ1) is 9.25. The highest BCUT2D eigenvalue weighted by Gasteiger charge is 2.20. The van der Waals surface area contributed by atoms with Crippen molar-refractivity contribution in [2.75, 3.05) is 0 Å². The van der Waals surface area contributed by atoms with Crippen molar-refractivity contribution in [3.05, 3.63) is 28.5 Å². The van der Waals surface area contributed by atoms with Gasteiger partial charge in [0, 0.05) is 6.20 Å². The van der Waals surface area contributed by atoms with E-state index >= 15 is 0 Å². The third kappa shape index (κ3) is 1.50. The highest BCUT2D eigenvalue weighted by molar-refractivity contribution is 6.30. The summed E-state index contributed by atoms with van der Waals surface area (Å²) in [6, 6.07) is 0. The van der Waals surface area contributed by atoms with Crippen molar-refractivity contribution in [2.24, 2.45) is 0 Å². The van der Waals surface area contributed by atoms with E-state index < -0.39 is 28.8 Å². The molecule has 0 aromatic carbocycles. The molecule has 1 heterocycles. The van der Waals surface area contributed by atoms with Crippen LogP contribution in [0.25, 0.3) is 0 Å². The highest BCUT2D eigenvalue weighted by Crippen LogP contribution is 2.24. The van der Waals surface area contributed by atoms with Crippen LogP contribution >= 0.6 is 11.6 Å². The summed E-state index contributed by atoms with van der Waals surface area (Å²) >= 11 is 5.07. The van der Waals surface area contributed by atoms with Crippen LogP contribution in [0.1, 0.15) is 12.1 Å². The van der Waals surface area contributed by atoms with Gasteiger partial charge in [-0.15, -0.1) is 0 Å². The van der Waals surface area contributed by atoms with Crippen LogP contribution in [0.15, 0.2) is 6.20 Å². The molecule has 0 saturated heterocycles. The first-order valence-electron chi connectivity index (χ1n) is 2.81. The van der Waals surface area contributed by atoms with E-state index in [0.29, 0.717) is 6.20 Å². The molecule has 0 bridgehead atoms. The van der Waals surface area contributed by atoms with E-state index in [2.05, 4.69) is 4.98 Å². The lowest BCUT2D eigenvalue weighted by Crippen LogP contribution is -1.99. The molecule has 1 aromatic rings. The molecule has 0 spiro atoms. The Morgan fingerprint density at radius 3 is 2.33 bits per heavy atom. The van der Waals surface area contributed by atoms with E-state index in [1.807, 2.05) is 0 Å². The number of hydrogen-bond acceptors (Lipinski definition) is 1. The Kier molecular flexibility index (Phi) is 2.52. The number of alkyl halides is 2. The summed E-state index contributed by atoms with van der Waals surface area (Å²) in [6.45, 7) is 0. The Balaban J connectivity index is 3.27. The summed E-state index contributed by atoms with van der Waals surface area (Å²) in [4.78, 5) is 2.94. The number of pyridine rings is 1. The average molecular weight is 200 g/mol. The van der Waals surface area contributed by atoms with Crippen LogP contribution in [0.4, 0.5) is 17.6 Å². The van der Waals surface area contributed by atoms with Crippen LogP contribution in [0.3, 0.4) is 0 Å². The van der Waals surface area contributed by atoms with Gasteiger partial charge >= 0.3 is 0 Å². The molecule has 66 valence electrons. The maximum atomic E-state index is 12.5. The van der Waals surface area contributed by atoms with Gasteiger partial charge in [0.15, 0.2) is 11.6 Å². The monoisotopic (exact) mass is 199 g/mol. The Bertz CT molecular complexity index is 302. The molecule has 0 N–H and O–H groups in total. The fraction of sp³-hybridized carbons (Fsp3) is 0.167. The van der Waals surface area contributed by atoms with E-state index in [4.69, 9.17) is 11.6 Å². The van der Waals surface area contributed by atoms with Crippen LogP contribution in [0.5, 0.6) is 0 Å². The van der Waals surface area contributed by atoms with Crippen molar-refractivity contribution in [2.45, 2.75) is 6.43 Å². The lowest BCUT2D eigenvalue weighted by Gasteiger charge is -2.01. The zero-order valence-electron chi connectivity index (χ0n) is 5.49. The lowest BCUT2D eigenvalue weighted by atomic mass is 10.3. The number of rotatable bonds is 1. The van der Waals surface area contributed by atoms with Gasteiger partial charge in [-0.25, -0.2) is 17.6 Å². The third-order valence-corrected chi connectivity index (χ3v) is 1.41. The standard InChI is InChI=1S/C6H2ClF4N/c7-2-1-12-5(6(10)11)4(9)3(2)8/h1,6H. The second-order valence-corrected chi connectivity index (χ2v) is 2.33. The van der Waals surface area contributed by atoms with Crippen LogP contribution in [0.2, 0.25) is 5.02 Å². The number of nitrogens with zero attached hydrogens (tertiary/aromatic N) is 1. The molecule has 0 radical (unpaired) electrons. The minimum Gasteiger partial charge on any atom is -0.250 e. The fourth-order valence-corrected chi connectivity index (χ4v) is 0.741. The van der Waals surface area contributed by atoms with E-state index in [0.717, 1.165) is 0 Å². The van der Waals surface area contributed by atoms with Gasteiger partial charge in [-0.05, 0) is 0 Å². The molecular formula is C6H2ClF4N. The SMILES string of the molecule is Fc1c(Cl)cnc(C(F)F)c1F. The van der Waals surface area contributed by atoms with Gasteiger partial charge < -0.3 is 0 Å². The maximum absolute atomic E-state index is 12.5. The van der Waals surface area contributed by atoms with E-state index in [-0.39, 0.29) is 0 Å². The maximum Gasteiger partial charge on any atom is 0.283 e. The van der Waals surface area contributed by atoms with Crippen LogP contribution in [-0.2, 0) is 0 Å². The Labute approximate surface area is 70.0 Å². The average Bonchev–Trinajstić information content (AvgIpc) is 2.00. The summed E-state index contributed by atoms with van der Waals surface area (Å²) in [5.41, 5.74) is -1.23. The van der Waals surface area contributed by atoms with Crippen molar-refractivity contribution in [3.8, 4) is 0 Å². The highest BCUT2D eigenvalue weighted by atomic mass is 35.5. The topological polar surface area (TPSA) is 12.9 Å². The number of aromatic nitrogens is 1. The van der Waals surface area contributed by atoms with Crippen LogP contribution in [0, 0.1) is 11.6 Å². The zero-order valence-corrected chi connectivity index (χ0v) is 6.25. The summed E-state index contributed by atoms with van der Waals surface area (Å²) in [6.07, 6.45) is -2.50. The van der Waals surface area contributed by atoms with Crippen molar-refractivity contribution in [1.82, 2.24) is 4.98 Å². The van der Waals surface area contributed by atoms with Gasteiger partial charge in [0.25, 0.3) is 6.43 Å². The molecule has 1 nitrogen and oxygen atoms in total. The predicted octanol–water partition coefficient (Wildman–Crippen LogP) is 2.95. The van der Waals surface area contributed by atoms with Gasteiger partial charge in [-0.2, -0.15) is 0 Å². The Morgan fingerprint density at radius 2 is 1.83 bits per heavy atom. The van der Waals surface area contributed by atoms with E-state index in [9.17, 15) is 17.6 Å². The van der Waals surface area contributed by atoms with Gasteiger partial charge in [0.2, 0.25) is 0 Å². The summed E-state index contributed by atoms with van der Waals surface area (Å²) in [5, 5.41) is -0.614. The molecule has 1 aromatic heterocycles. The fourth-order valence-electron chi connectivity index (χ4n) is 0.609. The minimum atomic E-state index is -3.14. The number of halogens is 5. The number of hydrogen-bond donors (Lipinski definition) is 0. The van der Waals surface area contributed by atoms with Crippen LogP contribution < -0.4 is 0 Å². The van der Waals surface area contributed by atoms with Crippen molar-refractivity contribution in [1.29, 1.82) is 0 Å². The van der Waals surface area contributed by atoms with Gasteiger partial charge in [0.1, 0.15) is 5.69 Å². The minimum absolute atomic E-state index is 0.614. The molecule has 0 unspecified atom stereocenters. The molecule has 0 aliphatic rings. The normalized spacial score (nSPS) is 10.8. The van der Waals surface area contributed by atoms with Crippen molar-refractivity contribution in [3.63, 3.8) is 0 Å². The van der Waals surface area contributed by atoms with Gasteiger partial charge in [-0.3, -0.25) is 4.98 Å². The Morgan fingerprint density at radius 1 is 1.25 bits per heavy atom. The molecule has 0 amide bonds. The van der Waals surface area contributed by atoms with E-state index in [1.54, 1.807) is 0 Å². The zero-order chi connectivity index (χ0) is 9.30. The molecule has 0 fully saturated rings. The lowest BCUT2D eigenvalue weighted by molar-refractivity contribution is 0.139. The summed E-state index contributed by atoms with van der Waals surface area (Å²) < 4.78 is 48.6. The summed E-state index contributed by atoms with van der Waals surface area (Å²) in [7, 11) is 0. The second-order valence-electron chi connectivity index (χ2n) is 1.92. The second kappa shape index (κ2) is 3.26. The molecule has 0 aliphatic heterocycles.